The summed E-state index contributed by atoms with van der Waals surface area (Å²) in [6, 6.07) is 9.66. The molecule has 3 aromatic heterocycles. The van der Waals surface area contributed by atoms with Gasteiger partial charge in [-0.25, -0.2) is 14.5 Å². The lowest BCUT2D eigenvalue weighted by Crippen LogP contribution is -2.03. The SMILES string of the molecule is COc1ccc(Nc2ncc3c(C)nc(-c4ccsc4)n3n2)cc1. The average molecular weight is 337 g/mol. The zero-order chi connectivity index (χ0) is 16.5. The van der Waals surface area contributed by atoms with Gasteiger partial charge in [0.25, 0.3) is 0 Å². The Labute approximate surface area is 142 Å². The summed E-state index contributed by atoms with van der Waals surface area (Å²) in [6.45, 7) is 1.96. The van der Waals surface area contributed by atoms with Crippen LogP contribution in [0.5, 0.6) is 5.75 Å². The van der Waals surface area contributed by atoms with Gasteiger partial charge in [-0.15, -0.1) is 5.10 Å². The third-order valence-corrected chi connectivity index (χ3v) is 4.39. The summed E-state index contributed by atoms with van der Waals surface area (Å²) in [6.07, 6.45) is 1.79. The Morgan fingerprint density at radius 3 is 2.71 bits per heavy atom. The van der Waals surface area contributed by atoms with Gasteiger partial charge in [-0.2, -0.15) is 11.3 Å². The van der Waals surface area contributed by atoms with Crippen LogP contribution in [0.1, 0.15) is 5.69 Å². The van der Waals surface area contributed by atoms with E-state index in [-0.39, 0.29) is 0 Å². The lowest BCUT2D eigenvalue weighted by atomic mass is 10.3. The second-order valence-electron chi connectivity index (χ2n) is 5.27. The molecule has 1 aromatic carbocycles. The maximum Gasteiger partial charge on any atom is 0.245 e. The molecule has 0 bridgehead atoms. The van der Waals surface area contributed by atoms with E-state index < -0.39 is 0 Å². The van der Waals surface area contributed by atoms with E-state index in [1.165, 1.54) is 0 Å². The number of hydrogen-bond donors (Lipinski definition) is 1. The smallest absolute Gasteiger partial charge is 0.245 e. The second kappa shape index (κ2) is 5.93. The van der Waals surface area contributed by atoms with Gasteiger partial charge in [0, 0.05) is 16.6 Å². The van der Waals surface area contributed by atoms with Gasteiger partial charge in [0.05, 0.1) is 19.0 Å². The lowest BCUT2D eigenvalue weighted by Gasteiger charge is -2.06. The normalized spacial score (nSPS) is 10.9. The van der Waals surface area contributed by atoms with Crippen LogP contribution in [0.4, 0.5) is 11.6 Å². The first-order valence-electron chi connectivity index (χ1n) is 7.40. The highest BCUT2D eigenvalue weighted by molar-refractivity contribution is 7.08. The minimum Gasteiger partial charge on any atom is -0.497 e. The summed E-state index contributed by atoms with van der Waals surface area (Å²) < 4.78 is 7.00. The van der Waals surface area contributed by atoms with E-state index in [2.05, 4.69) is 25.8 Å². The van der Waals surface area contributed by atoms with Crippen molar-refractivity contribution in [2.45, 2.75) is 6.92 Å². The Morgan fingerprint density at radius 2 is 2.00 bits per heavy atom. The Kier molecular flexibility index (Phi) is 3.62. The molecular weight excluding hydrogens is 322 g/mol. The van der Waals surface area contributed by atoms with Gasteiger partial charge in [-0.1, -0.05) is 0 Å². The van der Waals surface area contributed by atoms with Gasteiger partial charge in [0.2, 0.25) is 5.95 Å². The van der Waals surface area contributed by atoms with Gasteiger partial charge >= 0.3 is 0 Å². The Hall–Kier alpha value is -2.93. The van der Waals surface area contributed by atoms with Crippen LogP contribution >= 0.6 is 11.3 Å². The van der Waals surface area contributed by atoms with E-state index in [4.69, 9.17) is 4.74 Å². The molecule has 3 heterocycles. The fraction of sp³-hybridized carbons (Fsp3) is 0.118. The van der Waals surface area contributed by atoms with Crippen LogP contribution in [0.3, 0.4) is 0 Å². The van der Waals surface area contributed by atoms with Crippen molar-refractivity contribution in [3.8, 4) is 17.1 Å². The van der Waals surface area contributed by atoms with Crippen molar-refractivity contribution in [1.29, 1.82) is 0 Å². The first kappa shape index (κ1) is 14.6. The maximum atomic E-state index is 5.17. The topological polar surface area (TPSA) is 64.3 Å². The van der Waals surface area contributed by atoms with Crippen molar-refractivity contribution in [3.05, 3.63) is 53.0 Å². The molecule has 0 saturated carbocycles. The predicted molar refractivity (Wildman–Crippen MR) is 95.1 cm³/mol. The highest BCUT2D eigenvalue weighted by Gasteiger charge is 2.13. The molecule has 24 heavy (non-hydrogen) atoms. The number of imidazole rings is 1. The van der Waals surface area contributed by atoms with Gasteiger partial charge in [-0.05, 0) is 42.6 Å². The van der Waals surface area contributed by atoms with Gasteiger partial charge in [0.15, 0.2) is 5.82 Å². The number of aryl methyl sites for hydroxylation is 1. The molecule has 0 saturated heterocycles. The number of ether oxygens (including phenoxy) is 1. The van der Waals surface area contributed by atoms with Crippen LogP contribution < -0.4 is 10.1 Å². The third-order valence-electron chi connectivity index (χ3n) is 3.70. The van der Waals surface area contributed by atoms with E-state index in [0.717, 1.165) is 34.0 Å². The minimum absolute atomic E-state index is 0.515. The number of benzene rings is 1. The molecule has 1 N–H and O–H groups in total. The van der Waals surface area contributed by atoms with Crippen LogP contribution in [0.15, 0.2) is 47.3 Å². The largest absolute Gasteiger partial charge is 0.497 e. The number of thiophene rings is 1. The molecule has 4 aromatic rings. The molecule has 0 aliphatic heterocycles. The number of nitrogens with one attached hydrogen (secondary N) is 1. The standard InChI is InChI=1S/C17H15N5OS/c1-11-15-9-18-17(20-13-3-5-14(23-2)6-4-13)21-22(15)16(19-11)12-7-8-24-10-12/h3-10H,1-2H3,(H,20,21). The number of hydrogen-bond acceptors (Lipinski definition) is 6. The van der Waals surface area contributed by atoms with Gasteiger partial charge < -0.3 is 10.1 Å². The van der Waals surface area contributed by atoms with Gasteiger partial charge in [0.1, 0.15) is 11.3 Å². The Morgan fingerprint density at radius 1 is 1.17 bits per heavy atom. The molecule has 0 amide bonds. The Balaban J connectivity index is 1.73. The molecule has 120 valence electrons. The monoisotopic (exact) mass is 337 g/mol. The molecule has 0 radical (unpaired) electrons. The van der Waals surface area contributed by atoms with Crippen LogP contribution in [-0.2, 0) is 0 Å². The number of anilines is 2. The van der Waals surface area contributed by atoms with Crippen molar-refractivity contribution in [2.24, 2.45) is 0 Å². The molecule has 6 nitrogen and oxygen atoms in total. The molecular formula is C17H15N5OS. The zero-order valence-electron chi connectivity index (χ0n) is 13.2. The van der Waals surface area contributed by atoms with Crippen LogP contribution in [0.25, 0.3) is 16.9 Å². The first-order valence-corrected chi connectivity index (χ1v) is 8.35. The van der Waals surface area contributed by atoms with Gasteiger partial charge in [-0.3, -0.25) is 0 Å². The Bertz CT molecular complexity index is 976. The first-order chi connectivity index (χ1) is 11.7. The number of fused-ring (bicyclic) bond motifs is 1. The molecule has 0 fully saturated rings. The summed E-state index contributed by atoms with van der Waals surface area (Å²) in [5, 5.41) is 11.9. The van der Waals surface area contributed by atoms with Crippen LogP contribution in [0, 0.1) is 6.92 Å². The molecule has 0 unspecified atom stereocenters. The van der Waals surface area contributed by atoms with E-state index in [1.807, 2.05) is 47.2 Å². The highest BCUT2D eigenvalue weighted by Crippen LogP contribution is 2.24. The number of rotatable bonds is 4. The molecule has 0 atom stereocenters. The summed E-state index contributed by atoms with van der Waals surface area (Å²) in [5.41, 5.74) is 3.75. The van der Waals surface area contributed by atoms with E-state index in [9.17, 15) is 0 Å². The van der Waals surface area contributed by atoms with Crippen molar-refractivity contribution in [3.63, 3.8) is 0 Å². The quantitative estimate of drug-likeness (QED) is 0.611. The summed E-state index contributed by atoms with van der Waals surface area (Å²) in [5.74, 6) is 2.15. The van der Waals surface area contributed by atoms with Crippen molar-refractivity contribution >= 4 is 28.5 Å². The predicted octanol–water partition coefficient (Wildman–Crippen LogP) is 3.91. The average Bonchev–Trinajstić information content (AvgIpc) is 3.24. The maximum absolute atomic E-state index is 5.17. The van der Waals surface area contributed by atoms with Crippen LogP contribution in [-0.4, -0.2) is 26.7 Å². The minimum atomic E-state index is 0.515. The lowest BCUT2D eigenvalue weighted by molar-refractivity contribution is 0.415. The number of aromatic nitrogens is 4. The van der Waals surface area contributed by atoms with E-state index >= 15 is 0 Å². The molecule has 4 rings (SSSR count). The molecule has 0 aliphatic rings. The number of nitrogens with zero attached hydrogens (tertiary/aromatic N) is 4. The molecule has 0 aliphatic carbocycles. The fourth-order valence-corrected chi connectivity index (χ4v) is 3.10. The second-order valence-corrected chi connectivity index (χ2v) is 6.05. The zero-order valence-corrected chi connectivity index (χ0v) is 14.0. The summed E-state index contributed by atoms with van der Waals surface area (Å²) >= 11 is 1.64. The third kappa shape index (κ3) is 2.59. The molecule has 0 spiro atoms. The highest BCUT2D eigenvalue weighted by atomic mass is 32.1. The van der Waals surface area contributed by atoms with E-state index in [0.29, 0.717) is 5.95 Å². The van der Waals surface area contributed by atoms with Crippen LogP contribution in [0.2, 0.25) is 0 Å². The van der Waals surface area contributed by atoms with E-state index in [1.54, 1.807) is 24.6 Å². The molecule has 7 heteroatoms. The number of methoxy groups -OCH3 is 1. The van der Waals surface area contributed by atoms with Crippen molar-refractivity contribution in [1.82, 2.24) is 19.6 Å². The van der Waals surface area contributed by atoms with Crippen molar-refractivity contribution < 1.29 is 4.74 Å². The van der Waals surface area contributed by atoms with Crippen molar-refractivity contribution in [2.75, 3.05) is 12.4 Å². The summed E-state index contributed by atoms with van der Waals surface area (Å²) in [4.78, 5) is 9.01. The summed E-state index contributed by atoms with van der Waals surface area (Å²) in [7, 11) is 1.65. The fourth-order valence-electron chi connectivity index (χ4n) is 2.46.